The molecular formula is C9H11N3O2S. The zero-order chi connectivity index (χ0) is 10.9. The van der Waals surface area contributed by atoms with Crippen molar-refractivity contribution in [3.63, 3.8) is 0 Å². The molecule has 15 heavy (non-hydrogen) atoms. The Morgan fingerprint density at radius 2 is 2.20 bits per heavy atom. The summed E-state index contributed by atoms with van der Waals surface area (Å²) >= 11 is 1.41. The van der Waals surface area contributed by atoms with Crippen LogP contribution < -0.4 is 0 Å². The predicted octanol–water partition coefficient (Wildman–Crippen LogP) is 3.22. The van der Waals surface area contributed by atoms with E-state index in [1.807, 2.05) is 19.9 Å². The molecule has 0 radical (unpaired) electrons. The lowest BCUT2D eigenvalue weighted by molar-refractivity contribution is -0.146. The first kappa shape index (κ1) is 10.4. The highest BCUT2D eigenvalue weighted by molar-refractivity contribution is 7.16. The first-order chi connectivity index (χ1) is 7.15. The molecule has 5 nitrogen and oxygen atoms in total. The van der Waals surface area contributed by atoms with Crippen LogP contribution in [0.1, 0.15) is 17.4 Å². The van der Waals surface area contributed by atoms with Gasteiger partial charge in [-0.15, -0.1) is 11.3 Å². The fraction of sp³-hybridized carbons (Fsp3) is 0.556. The normalized spacial score (nSPS) is 18.8. The van der Waals surface area contributed by atoms with Gasteiger partial charge in [0.25, 0.3) is 0 Å². The average molecular weight is 225 g/mol. The summed E-state index contributed by atoms with van der Waals surface area (Å²) in [4.78, 5) is 3.73. The van der Waals surface area contributed by atoms with E-state index in [4.69, 9.17) is 15.0 Å². The molecule has 0 aliphatic carbocycles. The lowest BCUT2D eigenvalue weighted by Crippen LogP contribution is -2.20. The van der Waals surface area contributed by atoms with E-state index >= 15 is 0 Å². The molecule has 0 atom stereocenters. The van der Waals surface area contributed by atoms with Crippen LogP contribution in [0, 0.1) is 6.92 Å². The highest BCUT2D eigenvalue weighted by atomic mass is 32.1. The van der Waals surface area contributed by atoms with Crippen molar-refractivity contribution in [3.8, 4) is 0 Å². The zero-order valence-corrected chi connectivity index (χ0v) is 9.37. The molecule has 1 aromatic heterocycles. The topological polar surface area (TPSA) is 67.2 Å². The van der Waals surface area contributed by atoms with Gasteiger partial charge in [-0.2, -0.15) is 0 Å². The van der Waals surface area contributed by atoms with Gasteiger partial charge in [0.1, 0.15) is 0 Å². The van der Waals surface area contributed by atoms with Crippen molar-refractivity contribution in [1.29, 1.82) is 0 Å². The summed E-state index contributed by atoms with van der Waals surface area (Å²) in [6.07, 6.45) is 0. The molecule has 2 heterocycles. The van der Waals surface area contributed by atoms with Gasteiger partial charge in [-0.1, -0.05) is 0 Å². The monoisotopic (exact) mass is 225 g/mol. The number of ether oxygens (including phenoxy) is 2. The summed E-state index contributed by atoms with van der Waals surface area (Å²) < 4.78 is 11.1. The summed E-state index contributed by atoms with van der Waals surface area (Å²) in [5.74, 6) is -0.668. The number of nitrogens with zero attached hydrogens (tertiary/aromatic N) is 3. The smallest absolute Gasteiger partial charge is 0.201 e. The number of rotatable bonds is 2. The summed E-state index contributed by atoms with van der Waals surface area (Å²) in [7, 11) is 0. The van der Waals surface area contributed by atoms with E-state index in [0.717, 1.165) is 10.4 Å². The molecule has 1 aliphatic heterocycles. The fourth-order valence-corrected chi connectivity index (χ4v) is 2.54. The molecule has 0 bridgehead atoms. The average Bonchev–Trinajstić information content (AvgIpc) is 2.76. The van der Waals surface area contributed by atoms with Gasteiger partial charge in [-0.3, -0.25) is 0 Å². The van der Waals surface area contributed by atoms with E-state index in [1.54, 1.807) is 0 Å². The Hall–Kier alpha value is -1.07. The van der Waals surface area contributed by atoms with Crippen LogP contribution in [0.15, 0.2) is 11.2 Å². The van der Waals surface area contributed by atoms with E-state index in [0.29, 0.717) is 18.2 Å². The molecule has 1 fully saturated rings. The standard InChI is InChI=1S/C9H11N3O2S/c1-6-5-7(15-8(6)11-12-10)9(2)13-3-4-14-9/h5H,3-4H2,1-2H3. The highest BCUT2D eigenvalue weighted by Gasteiger charge is 2.35. The van der Waals surface area contributed by atoms with Crippen LogP contribution in [0.5, 0.6) is 0 Å². The maximum absolute atomic E-state index is 8.39. The van der Waals surface area contributed by atoms with Gasteiger partial charge >= 0.3 is 0 Å². The molecule has 1 saturated heterocycles. The minimum Gasteiger partial charge on any atom is -0.343 e. The summed E-state index contributed by atoms with van der Waals surface area (Å²) in [5.41, 5.74) is 9.34. The van der Waals surface area contributed by atoms with Gasteiger partial charge in [0.05, 0.1) is 23.1 Å². The second kappa shape index (κ2) is 3.83. The fourth-order valence-electron chi connectivity index (χ4n) is 1.49. The van der Waals surface area contributed by atoms with Crippen LogP contribution in [0.2, 0.25) is 0 Å². The van der Waals surface area contributed by atoms with Gasteiger partial charge in [0, 0.05) is 4.91 Å². The number of hydrogen-bond acceptors (Lipinski definition) is 4. The number of thiophene rings is 1. The molecule has 0 aromatic carbocycles. The molecule has 0 saturated carbocycles. The van der Waals surface area contributed by atoms with Crippen LogP contribution in [0.4, 0.5) is 5.00 Å². The molecule has 80 valence electrons. The number of hydrogen-bond donors (Lipinski definition) is 0. The SMILES string of the molecule is Cc1cc(C2(C)OCCO2)sc1N=[N+]=[N-]. The molecule has 0 spiro atoms. The zero-order valence-electron chi connectivity index (χ0n) is 8.56. The van der Waals surface area contributed by atoms with E-state index in [9.17, 15) is 0 Å². The number of azide groups is 1. The Balaban J connectivity index is 2.37. The van der Waals surface area contributed by atoms with Gasteiger partial charge in [-0.25, -0.2) is 0 Å². The minimum atomic E-state index is -0.668. The van der Waals surface area contributed by atoms with Crippen molar-refractivity contribution in [2.24, 2.45) is 5.11 Å². The molecule has 1 aliphatic rings. The molecule has 0 N–H and O–H groups in total. The maximum atomic E-state index is 8.39. The summed E-state index contributed by atoms with van der Waals surface area (Å²) in [5, 5.41) is 4.29. The molecule has 0 unspecified atom stereocenters. The van der Waals surface area contributed by atoms with Gasteiger partial charge in [0.15, 0.2) is 0 Å². The van der Waals surface area contributed by atoms with Crippen LogP contribution in [-0.4, -0.2) is 13.2 Å². The second-order valence-electron chi connectivity index (χ2n) is 3.43. The first-order valence-corrected chi connectivity index (χ1v) is 5.41. The van der Waals surface area contributed by atoms with E-state index in [1.165, 1.54) is 11.3 Å². The van der Waals surface area contributed by atoms with E-state index in [-0.39, 0.29) is 0 Å². The van der Waals surface area contributed by atoms with Gasteiger partial charge in [0.2, 0.25) is 5.79 Å². The van der Waals surface area contributed by atoms with Gasteiger partial charge in [-0.05, 0) is 36.1 Å². The minimum absolute atomic E-state index is 0.601. The second-order valence-corrected chi connectivity index (χ2v) is 4.46. The largest absolute Gasteiger partial charge is 0.343 e. The number of aryl methyl sites for hydroxylation is 1. The van der Waals surface area contributed by atoms with Crippen molar-refractivity contribution in [3.05, 3.63) is 26.9 Å². The first-order valence-electron chi connectivity index (χ1n) is 4.59. The van der Waals surface area contributed by atoms with Gasteiger partial charge < -0.3 is 9.47 Å². The third-order valence-corrected chi connectivity index (χ3v) is 3.62. The Labute approximate surface area is 91.3 Å². The van der Waals surface area contributed by atoms with Crippen molar-refractivity contribution in [1.82, 2.24) is 0 Å². The molecule has 2 rings (SSSR count). The molecule has 0 amide bonds. The Morgan fingerprint density at radius 3 is 2.80 bits per heavy atom. The van der Waals surface area contributed by atoms with Crippen molar-refractivity contribution in [2.75, 3.05) is 13.2 Å². The third kappa shape index (κ3) is 1.85. The van der Waals surface area contributed by atoms with E-state index < -0.39 is 5.79 Å². The summed E-state index contributed by atoms with van der Waals surface area (Å²) in [6.45, 7) is 4.99. The Bertz CT molecular complexity index is 417. The van der Waals surface area contributed by atoms with Crippen molar-refractivity contribution >= 4 is 16.3 Å². The van der Waals surface area contributed by atoms with Crippen LogP contribution in [-0.2, 0) is 15.3 Å². The lowest BCUT2D eigenvalue weighted by Gasteiger charge is -2.20. The van der Waals surface area contributed by atoms with Crippen LogP contribution >= 0.6 is 11.3 Å². The highest BCUT2D eigenvalue weighted by Crippen LogP contribution is 2.40. The molecule has 1 aromatic rings. The Morgan fingerprint density at radius 1 is 1.53 bits per heavy atom. The quantitative estimate of drug-likeness (QED) is 0.440. The van der Waals surface area contributed by atoms with Crippen LogP contribution in [0.25, 0.3) is 10.4 Å². The van der Waals surface area contributed by atoms with Crippen LogP contribution in [0.3, 0.4) is 0 Å². The lowest BCUT2D eigenvalue weighted by atomic mass is 10.2. The maximum Gasteiger partial charge on any atom is 0.201 e. The van der Waals surface area contributed by atoms with Crippen molar-refractivity contribution in [2.45, 2.75) is 19.6 Å². The van der Waals surface area contributed by atoms with E-state index in [2.05, 4.69) is 10.0 Å². The molecule has 6 heteroatoms. The Kier molecular flexibility index (Phi) is 2.67. The summed E-state index contributed by atoms with van der Waals surface area (Å²) in [6, 6.07) is 1.94. The third-order valence-electron chi connectivity index (χ3n) is 2.31. The van der Waals surface area contributed by atoms with Crippen molar-refractivity contribution < 1.29 is 9.47 Å². The predicted molar refractivity (Wildman–Crippen MR) is 57.1 cm³/mol. The molecular weight excluding hydrogens is 214 g/mol.